The van der Waals surface area contributed by atoms with E-state index in [0.717, 1.165) is 34.1 Å². The molecule has 0 aliphatic carbocycles. The Morgan fingerprint density at radius 2 is 1.20 bits per heavy atom. The zero-order chi connectivity index (χ0) is 32.7. The van der Waals surface area contributed by atoms with Crippen LogP contribution in [-0.2, 0) is 13.5 Å². The third-order valence-corrected chi connectivity index (χ3v) is 10.6. The Balaban J connectivity index is 0.000000205. The summed E-state index contributed by atoms with van der Waals surface area (Å²) in [6.45, 7) is 22.7. The Bertz CT molecular complexity index is 1570. The molecule has 2 radical (unpaired) electrons. The van der Waals surface area contributed by atoms with Crippen LogP contribution in [0, 0.1) is 48.2 Å². The zero-order valence-electron chi connectivity index (χ0n) is 27.6. The molecule has 1 aliphatic rings. The number of rotatable bonds is 7. The number of allylic oxidation sites excluding steroid dienone is 1. The first kappa shape index (κ1) is 35.0. The van der Waals surface area contributed by atoms with Gasteiger partial charge in [-0.1, -0.05) is 35.4 Å². The smallest absolute Gasteiger partial charge is 0.208 e. The normalized spacial score (nSPS) is 13.3. The maximum Gasteiger partial charge on any atom is 0.208 e. The summed E-state index contributed by atoms with van der Waals surface area (Å²) >= 11 is -2.08. The number of para-hydroxylation sites is 1. The molecule has 1 heterocycles. The van der Waals surface area contributed by atoms with E-state index in [1.54, 1.807) is 0 Å². The number of anilines is 2. The fourth-order valence-corrected chi connectivity index (χ4v) is 8.37. The topological polar surface area (TPSA) is 15.7 Å². The van der Waals surface area contributed by atoms with Crippen molar-refractivity contribution in [3.05, 3.63) is 136 Å². The molecule has 0 bridgehead atoms. The van der Waals surface area contributed by atoms with Gasteiger partial charge in [0.05, 0.1) is 0 Å². The summed E-state index contributed by atoms with van der Waals surface area (Å²) < 4.78 is 6.85. The van der Waals surface area contributed by atoms with Crippen molar-refractivity contribution in [2.24, 2.45) is 0 Å². The van der Waals surface area contributed by atoms with Gasteiger partial charge < -0.3 is 9.80 Å². The quantitative estimate of drug-likeness (QED) is 0.176. The molecule has 1 saturated heterocycles. The average Bonchev–Trinajstić information content (AvgIpc) is 3.42. The molecule has 3 nitrogen and oxygen atoms in total. The van der Waals surface area contributed by atoms with Crippen LogP contribution in [0.25, 0.3) is 6.08 Å². The number of aryl methyl sites for hydroxylation is 6. The summed E-state index contributed by atoms with van der Waals surface area (Å²) in [4.78, 5) is 4.56. The van der Waals surface area contributed by atoms with Crippen molar-refractivity contribution in [3.8, 4) is 5.75 Å². The van der Waals surface area contributed by atoms with E-state index in [0.29, 0.717) is 0 Å². The van der Waals surface area contributed by atoms with Crippen molar-refractivity contribution in [3.63, 3.8) is 0 Å². The maximum atomic E-state index is 6.32. The van der Waals surface area contributed by atoms with Crippen molar-refractivity contribution in [2.75, 3.05) is 22.9 Å². The first-order chi connectivity index (χ1) is 21.4. The van der Waals surface area contributed by atoms with Crippen molar-refractivity contribution < 1.29 is 18.3 Å². The molecule has 0 atom stereocenters. The van der Waals surface area contributed by atoms with Gasteiger partial charge in [0.25, 0.3) is 0 Å². The minimum absolute atomic E-state index is 0.104. The van der Waals surface area contributed by atoms with Crippen molar-refractivity contribution in [1.82, 2.24) is 0 Å². The summed E-state index contributed by atoms with van der Waals surface area (Å²) in [5.41, 5.74) is 12.7. The fraction of sp³-hybridized carbons (Fsp3) is 0.282. The van der Waals surface area contributed by atoms with E-state index < -0.39 is 13.5 Å². The van der Waals surface area contributed by atoms with Gasteiger partial charge >= 0.3 is 145 Å². The van der Waals surface area contributed by atoms with Crippen LogP contribution in [-0.4, -0.2) is 23.3 Å². The molecule has 6 heteroatoms. The van der Waals surface area contributed by atoms with Gasteiger partial charge in [0.15, 0.2) is 0 Å². The molecule has 0 amide bonds. The fourth-order valence-electron chi connectivity index (χ4n) is 5.92. The summed E-state index contributed by atoms with van der Waals surface area (Å²) in [7, 11) is 12.6. The van der Waals surface area contributed by atoms with Gasteiger partial charge in [0, 0.05) is 24.5 Å². The van der Waals surface area contributed by atoms with E-state index in [1.807, 2.05) is 80.6 Å². The Hall–Kier alpha value is -2.91. The molecule has 0 spiro atoms. The Labute approximate surface area is 284 Å². The van der Waals surface area contributed by atoms with Crippen LogP contribution in [0.15, 0.2) is 84.9 Å². The van der Waals surface area contributed by atoms with Gasteiger partial charge in [0.2, 0.25) is 6.67 Å². The molecule has 5 rings (SSSR count). The van der Waals surface area contributed by atoms with Crippen LogP contribution in [0.4, 0.5) is 11.4 Å². The van der Waals surface area contributed by atoms with E-state index in [-0.39, 0.29) is 6.10 Å². The minimum atomic E-state index is -2.08. The Morgan fingerprint density at radius 1 is 0.733 bits per heavy atom. The molecule has 238 valence electrons. The third kappa shape index (κ3) is 9.32. The Morgan fingerprint density at radius 3 is 1.67 bits per heavy atom. The molecule has 45 heavy (non-hydrogen) atoms. The van der Waals surface area contributed by atoms with Gasteiger partial charge in [-0.25, -0.2) is 0 Å². The van der Waals surface area contributed by atoms with Gasteiger partial charge in [-0.3, -0.25) is 0 Å². The molecular weight excluding hydrogens is 684 g/mol. The second kappa shape index (κ2) is 16.1. The largest absolute Gasteiger partial charge is 0.339 e. The molecule has 4 aromatic rings. The van der Waals surface area contributed by atoms with Crippen molar-refractivity contribution in [1.29, 1.82) is 0 Å². The van der Waals surface area contributed by atoms with Crippen LogP contribution in [0.1, 0.15) is 58.4 Å². The average molecular weight is 729 g/mol. The van der Waals surface area contributed by atoms with E-state index in [9.17, 15) is 0 Å². The number of ether oxygens (including phenoxy) is 1. The molecule has 0 saturated carbocycles. The molecule has 0 aromatic heterocycles. The summed E-state index contributed by atoms with van der Waals surface area (Å²) in [6, 6.07) is 27.0. The summed E-state index contributed by atoms with van der Waals surface area (Å²) in [5, 5.41) is 0. The molecule has 4 aromatic carbocycles. The molecule has 1 aliphatic heterocycles. The third-order valence-electron chi connectivity index (χ3n) is 7.46. The number of halogens is 2. The van der Waals surface area contributed by atoms with E-state index in [2.05, 4.69) is 82.3 Å². The van der Waals surface area contributed by atoms with Crippen LogP contribution < -0.4 is 14.5 Å². The van der Waals surface area contributed by atoms with Gasteiger partial charge in [-0.15, -0.1) is 0 Å². The van der Waals surface area contributed by atoms with E-state index in [1.165, 1.54) is 44.8 Å². The maximum absolute atomic E-state index is 6.32. The number of hydrogen-bond donors (Lipinski definition) is 0. The number of nitrogens with zero attached hydrogens (tertiary/aromatic N) is 2. The van der Waals surface area contributed by atoms with Crippen LogP contribution in [0.2, 0.25) is 0 Å². The van der Waals surface area contributed by atoms with Crippen LogP contribution >= 0.6 is 19.4 Å². The van der Waals surface area contributed by atoms with Crippen LogP contribution in [0.3, 0.4) is 0 Å². The van der Waals surface area contributed by atoms with Gasteiger partial charge in [-0.05, 0) is 63.8 Å². The second-order valence-corrected chi connectivity index (χ2v) is 17.6. The molecule has 0 unspecified atom stereocenters. The monoisotopic (exact) mass is 728 g/mol. The van der Waals surface area contributed by atoms with E-state index in [4.69, 9.17) is 24.1 Å². The SMILES string of the molecule is CC(C)Oc1ccccc1[C](/C=C/c1ccccc1)=[Ru]([Cl])[Cl].Cc1cc(C)c(N2[C]N(c3c(C)cc(C)cc3C)CC2)c(C)c1. The van der Waals surface area contributed by atoms with Crippen LogP contribution in [0.5, 0.6) is 5.75 Å². The van der Waals surface area contributed by atoms with E-state index >= 15 is 0 Å². The van der Waals surface area contributed by atoms with Crippen molar-refractivity contribution >= 4 is 40.9 Å². The standard InChI is InChI=1S/C21H26N2.C18H18O.2ClH.Ru/c1-14-9-16(3)20(17(4)10-14)22-7-8-23(13-22)21-18(5)11-15(2)12-19(21)6;1-15(2)19-18-14-7-6-12-17(18)13-8-11-16-9-4-3-5-10-16;;;/h9-12H,7-8H2,1-6H3;3-12,14-15H,1-2H3;2*1H;/q;;;;+2/p-2/b;11-8+;;;. The first-order valence-electron chi connectivity index (χ1n) is 15.3. The predicted molar refractivity (Wildman–Crippen MR) is 193 cm³/mol. The number of benzene rings is 4. The minimum Gasteiger partial charge on any atom is -0.339 e. The second-order valence-electron chi connectivity index (χ2n) is 11.8. The van der Waals surface area contributed by atoms with Gasteiger partial charge in [0.1, 0.15) is 0 Å². The molecular formula is C39H44Cl2N2ORu. The number of hydrogen-bond acceptors (Lipinski definition) is 3. The molecule has 0 N–H and O–H groups in total. The summed E-state index contributed by atoms with van der Waals surface area (Å²) in [6.07, 6.45) is 4.15. The van der Waals surface area contributed by atoms with Gasteiger partial charge in [-0.2, -0.15) is 0 Å². The molecule has 1 fully saturated rings. The first-order valence-corrected chi connectivity index (χ1v) is 20.6. The Kier molecular flexibility index (Phi) is 12.5. The summed E-state index contributed by atoms with van der Waals surface area (Å²) in [5.74, 6) is 0.824. The van der Waals surface area contributed by atoms with Crippen molar-refractivity contribution in [2.45, 2.75) is 61.5 Å². The zero-order valence-corrected chi connectivity index (χ0v) is 30.8. The predicted octanol–water partition coefficient (Wildman–Crippen LogP) is 10.5.